The fourth-order valence-corrected chi connectivity index (χ4v) is 2.36. The second-order valence-corrected chi connectivity index (χ2v) is 4.63. The predicted octanol–water partition coefficient (Wildman–Crippen LogP) is 2.75. The van der Waals surface area contributed by atoms with Crippen LogP contribution in [0.1, 0.15) is 6.42 Å². The van der Waals surface area contributed by atoms with Crippen molar-refractivity contribution >= 4 is 29.1 Å². The van der Waals surface area contributed by atoms with Crippen molar-refractivity contribution in [3.05, 3.63) is 30.1 Å². The first-order valence-corrected chi connectivity index (χ1v) is 6.05. The highest BCUT2D eigenvalue weighted by Gasteiger charge is 2.14. The molecule has 3 rings (SSSR count). The minimum absolute atomic E-state index is 0. The second kappa shape index (κ2) is 5.59. The number of rotatable bonds is 3. The van der Waals surface area contributed by atoms with Crippen molar-refractivity contribution in [3.8, 4) is 0 Å². The maximum absolute atomic E-state index is 13.5. The summed E-state index contributed by atoms with van der Waals surface area (Å²) in [6.45, 7) is 3.11. The lowest BCUT2D eigenvalue weighted by atomic mass is 10.1. The van der Waals surface area contributed by atoms with Crippen LogP contribution in [0.4, 0.5) is 10.2 Å². The second-order valence-electron chi connectivity index (χ2n) is 4.63. The Morgan fingerprint density at radius 2 is 2.28 bits per heavy atom. The number of halogens is 2. The lowest BCUT2D eigenvalue weighted by Gasteiger charge is -2.09. The number of aromatic nitrogens is 1. The number of hydrogen-bond acceptors (Lipinski definition) is 2. The van der Waals surface area contributed by atoms with Crippen LogP contribution < -0.4 is 10.6 Å². The molecule has 0 amide bonds. The largest absolute Gasteiger partial charge is 0.371 e. The van der Waals surface area contributed by atoms with Crippen LogP contribution in [0.5, 0.6) is 0 Å². The van der Waals surface area contributed by atoms with Crippen LogP contribution in [-0.4, -0.2) is 24.6 Å². The van der Waals surface area contributed by atoms with Crippen molar-refractivity contribution in [2.24, 2.45) is 5.92 Å². The van der Waals surface area contributed by atoms with Crippen LogP contribution in [0, 0.1) is 11.7 Å². The van der Waals surface area contributed by atoms with Crippen molar-refractivity contribution in [3.63, 3.8) is 0 Å². The van der Waals surface area contributed by atoms with Gasteiger partial charge in [0.15, 0.2) is 0 Å². The molecule has 98 valence electrons. The van der Waals surface area contributed by atoms with E-state index < -0.39 is 0 Å². The van der Waals surface area contributed by atoms with E-state index >= 15 is 0 Å². The summed E-state index contributed by atoms with van der Waals surface area (Å²) in [5.74, 6) is 1.38. The molecule has 2 aromatic rings. The lowest BCUT2D eigenvalue weighted by Crippen LogP contribution is -2.17. The Kier molecular flexibility index (Phi) is 4.09. The van der Waals surface area contributed by atoms with Gasteiger partial charge in [0.25, 0.3) is 0 Å². The molecule has 0 saturated carbocycles. The molecule has 3 N–H and O–H groups in total. The third-order valence-electron chi connectivity index (χ3n) is 3.35. The number of H-pyrrole nitrogens is 1. The fourth-order valence-electron chi connectivity index (χ4n) is 2.36. The first-order chi connectivity index (χ1) is 8.33. The summed E-state index contributed by atoms with van der Waals surface area (Å²) in [7, 11) is 0. The van der Waals surface area contributed by atoms with E-state index in [-0.39, 0.29) is 18.2 Å². The molecule has 1 atom stereocenters. The Morgan fingerprint density at radius 3 is 3.00 bits per heavy atom. The molecule has 18 heavy (non-hydrogen) atoms. The zero-order chi connectivity index (χ0) is 11.7. The van der Waals surface area contributed by atoms with Crippen molar-refractivity contribution in [1.29, 1.82) is 0 Å². The highest BCUT2D eigenvalue weighted by atomic mass is 35.5. The Labute approximate surface area is 112 Å². The number of anilines is 1. The van der Waals surface area contributed by atoms with Gasteiger partial charge in [-0.1, -0.05) is 12.1 Å². The minimum atomic E-state index is -0.196. The highest BCUT2D eigenvalue weighted by molar-refractivity contribution is 5.85. The van der Waals surface area contributed by atoms with Crippen LogP contribution in [0.2, 0.25) is 0 Å². The van der Waals surface area contributed by atoms with Gasteiger partial charge in [0, 0.05) is 11.9 Å². The molecule has 1 saturated heterocycles. The zero-order valence-electron chi connectivity index (χ0n) is 10.0. The normalized spacial score (nSPS) is 18.8. The summed E-state index contributed by atoms with van der Waals surface area (Å²) in [6, 6.07) is 7.08. The van der Waals surface area contributed by atoms with Crippen LogP contribution in [0.25, 0.3) is 10.9 Å². The van der Waals surface area contributed by atoms with Gasteiger partial charge in [0.2, 0.25) is 0 Å². The summed E-state index contributed by atoms with van der Waals surface area (Å²) >= 11 is 0. The summed E-state index contributed by atoms with van der Waals surface area (Å²) < 4.78 is 13.5. The van der Waals surface area contributed by atoms with Crippen molar-refractivity contribution < 1.29 is 4.39 Å². The first-order valence-electron chi connectivity index (χ1n) is 6.05. The Morgan fingerprint density at radius 1 is 1.39 bits per heavy atom. The van der Waals surface area contributed by atoms with Gasteiger partial charge in [-0.2, -0.15) is 0 Å². The molecule has 0 spiro atoms. The van der Waals surface area contributed by atoms with Gasteiger partial charge in [-0.15, -0.1) is 12.4 Å². The maximum Gasteiger partial charge on any atom is 0.147 e. The molecule has 1 aliphatic heterocycles. The number of nitrogens with one attached hydrogen (secondary N) is 3. The number of fused-ring (bicyclic) bond motifs is 1. The first kappa shape index (κ1) is 13.2. The van der Waals surface area contributed by atoms with E-state index in [1.165, 1.54) is 12.5 Å². The van der Waals surface area contributed by atoms with E-state index in [1.54, 1.807) is 6.07 Å². The average Bonchev–Trinajstić information content (AvgIpc) is 2.95. The molecule has 0 bridgehead atoms. The van der Waals surface area contributed by atoms with E-state index in [2.05, 4.69) is 15.6 Å². The van der Waals surface area contributed by atoms with Crippen LogP contribution in [0.15, 0.2) is 24.3 Å². The van der Waals surface area contributed by atoms with Gasteiger partial charge in [-0.3, -0.25) is 0 Å². The fraction of sp³-hybridized carbons (Fsp3) is 0.385. The van der Waals surface area contributed by atoms with Gasteiger partial charge in [-0.25, -0.2) is 4.39 Å². The third-order valence-corrected chi connectivity index (χ3v) is 3.35. The molecule has 2 heterocycles. The van der Waals surface area contributed by atoms with Gasteiger partial charge in [0.05, 0.1) is 5.52 Å². The van der Waals surface area contributed by atoms with E-state index in [0.29, 0.717) is 11.4 Å². The summed E-state index contributed by atoms with van der Waals surface area (Å²) in [5.41, 5.74) is 0.583. The van der Waals surface area contributed by atoms with E-state index in [0.717, 1.165) is 30.8 Å². The van der Waals surface area contributed by atoms with E-state index in [4.69, 9.17) is 0 Å². The van der Waals surface area contributed by atoms with Crippen LogP contribution in [0.3, 0.4) is 0 Å². The van der Waals surface area contributed by atoms with Gasteiger partial charge in [-0.05, 0) is 37.6 Å². The van der Waals surface area contributed by atoms with Crippen LogP contribution in [-0.2, 0) is 0 Å². The number of aromatic amines is 1. The molecular formula is C13H17ClFN3. The molecule has 0 aliphatic carbocycles. The van der Waals surface area contributed by atoms with E-state index in [1.807, 2.05) is 12.1 Å². The molecule has 1 fully saturated rings. The van der Waals surface area contributed by atoms with E-state index in [9.17, 15) is 4.39 Å². The summed E-state index contributed by atoms with van der Waals surface area (Å²) in [4.78, 5) is 3.08. The number of benzene rings is 1. The predicted molar refractivity (Wildman–Crippen MR) is 75.0 cm³/mol. The van der Waals surface area contributed by atoms with Crippen molar-refractivity contribution in [2.75, 3.05) is 25.0 Å². The Bertz CT molecular complexity index is 520. The Balaban J connectivity index is 0.00000120. The van der Waals surface area contributed by atoms with Crippen molar-refractivity contribution in [2.45, 2.75) is 6.42 Å². The molecule has 0 unspecified atom stereocenters. The highest BCUT2D eigenvalue weighted by Crippen LogP contribution is 2.21. The van der Waals surface area contributed by atoms with Gasteiger partial charge < -0.3 is 15.6 Å². The van der Waals surface area contributed by atoms with Crippen molar-refractivity contribution in [1.82, 2.24) is 10.3 Å². The standard InChI is InChI=1S/C13H16FN3.ClH/c14-11-3-1-2-10-6-12(17-13(10)11)16-8-9-4-5-15-7-9;/h1-3,6,9,15-17H,4-5,7-8H2;1H/t9-;/m1./s1. The summed E-state index contributed by atoms with van der Waals surface area (Å²) in [6.07, 6.45) is 1.21. The SMILES string of the molecule is Cl.Fc1cccc2cc(NC[C@@H]3CCNC3)[nH]c12. The third kappa shape index (κ3) is 2.60. The average molecular weight is 270 g/mol. The minimum Gasteiger partial charge on any atom is -0.371 e. The number of hydrogen-bond donors (Lipinski definition) is 3. The smallest absolute Gasteiger partial charge is 0.147 e. The molecule has 3 nitrogen and oxygen atoms in total. The molecule has 0 radical (unpaired) electrons. The summed E-state index contributed by atoms with van der Waals surface area (Å²) in [5, 5.41) is 7.59. The topological polar surface area (TPSA) is 39.8 Å². The molecular weight excluding hydrogens is 253 g/mol. The number of para-hydroxylation sites is 1. The molecule has 1 aromatic carbocycles. The van der Waals surface area contributed by atoms with Gasteiger partial charge >= 0.3 is 0 Å². The van der Waals surface area contributed by atoms with Gasteiger partial charge in [0.1, 0.15) is 11.6 Å². The molecule has 1 aromatic heterocycles. The Hall–Kier alpha value is -1.26. The maximum atomic E-state index is 13.5. The lowest BCUT2D eigenvalue weighted by molar-refractivity contribution is 0.614. The zero-order valence-corrected chi connectivity index (χ0v) is 10.8. The quantitative estimate of drug-likeness (QED) is 0.802. The molecule has 1 aliphatic rings. The molecule has 5 heteroatoms. The van der Waals surface area contributed by atoms with Crippen LogP contribution >= 0.6 is 12.4 Å². The monoisotopic (exact) mass is 269 g/mol.